The molecule has 0 bridgehead atoms. The van der Waals surface area contributed by atoms with Gasteiger partial charge in [-0.25, -0.2) is 4.39 Å². The normalized spacial score (nSPS) is 27.8. The fraction of sp³-hybridized carbons (Fsp3) is 0.500. The van der Waals surface area contributed by atoms with E-state index in [4.69, 9.17) is 17.3 Å². The van der Waals surface area contributed by atoms with Crippen molar-refractivity contribution >= 4 is 11.6 Å². The van der Waals surface area contributed by atoms with E-state index in [1.54, 1.807) is 12.1 Å². The molecule has 1 fully saturated rings. The average molecular weight is 228 g/mol. The first kappa shape index (κ1) is 10.9. The van der Waals surface area contributed by atoms with Crippen molar-refractivity contribution in [2.24, 2.45) is 17.1 Å². The average Bonchev–Trinajstić information content (AvgIpc) is 2.73. The summed E-state index contributed by atoms with van der Waals surface area (Å²) in [5.74, 6) is 0.292. The van der Waals surface area contributed by atoms with Crippen LogP contribution in [0.1, 0.15) is 25.3 Å². The van der Waals surface area contributed by atoms with Crippen LogP contribution in [0.25, 0.3) is 0 Å². The van der Waals surface area contributed by atoms with Crippen molar-refractivity contribution in [1.82, 2.24) is 0 Å². The minimum Gasteiger partial charge on any atom is -0.330 e. The number of hydrogen-bond donors (Lipinski definition) is 1. The van der Waals surface area contributed by atoms with E-state index in [9.17, 15) is 4.39 Å². The predicted octanol–water partition coefficient (Wildman–Crippen LogP) is 3.18. The maximum Gasteiger partial charge on any atom is 0.145 e. The lowest BCUT2D eigenvalue weighted by atomic mass is 10.0. The number of hydrogen-bond acceptors (Lipinski definition) is 1. The molecular weight excluding hydrogens is 213 g/mol. The summed E-state index contributed by atoms with van der Waals surface area (Å²) in [5.41, 5.74) is 6.48. The van der Waals surface area contributed by atoms with Crippen LogP contribution in [0.15, 0.2) is 18.2 Å². The van der Waals surface area contributed by atoms with Gasteiger partial charge in [-0.15, -0.1) is 0 Å². The van der Waals surface area contributed by atoms with Crippen LogP contribution in [0.5, 0.6) is 0 Å². The Labute approximate surface area is 94.4 Å². The van der Waals surface area contributed by atoms with Gasteiger partial charge in [-0.1, -0.05) is 37.6 Å². The smallest absolute Gasteiger partial charge is 0.145 e. The second-order valence-electron chi connectivity index (χ2n) is 4.78. The molecular formula is C12H15ClFN. The van der Waals surface area contributed by atoms with E-state index in [-0.39, 0.29) is 22.2 Å². The maximum absolute atomic E-state index is 13.8. The summed E-state index contributed by atoms with van der Waals surface area (Å²) in [6.45, 7) is 4.84. The van der Waals surface area contributed by atoms with Crippen LogP contribution in [0.2, 0.25) is 5.02 Å². The lowest BCUT2D eigenvalue weighted by Gasteiger charge is -2.05. The van der Waals surface area contributed by atoms with Gasteiger partial charge in [0.25, 0.3) is 0 Å². The van der Waals surface area contributed by atoms with E-state index >= 15 is 0 Å². The predicted molar refractivity (Wildman–Crippen MR) is 60.5 cm³/mol. The molecule has 0 heterocycles. The molecule has 1 saturated carbocycles. The molecule has 2 atom stereocenters. The van der Waals surface area contributed by atoms with Gasteiger partial charge >= 0.3 is 0 Å². The topological polar surface area (TPSA) is 26.0 Å². The first-order chi connectivity index (χ1) is 7.00. The zero-order valence-corrected chi connectivity index (χ0v) is 9.68. The van der Waals surface area contributed by atoms with Gasteiger partial charge in [0.2, 0.25) is 0 Å². The number of benzene rings is 1. The van der Waals surface area contributed by atoms with Gasteiger partial charge in [-0.2, -0.15) is 0 Å². The van der Waals surface area contributed by atoms with Crippen molar-refractivity contribution in [1.29, 1.82) is 0 Å². The summed E-state index contributed by atoms with van der Waals surface area (Å²) < 4.78 is 13.8. The Morgan fingerprint density at radius 2 is 2.13 bits per heavy atom. The molecule has 1 aromatic carbocycles. The molecule has 0 amide bonds. The summed E-state index contributed by atoms with van der Waals surface area (Å²) in [4.78, 5) is 0. The number of nitrogens with two attached hydrogens (primary N) is 1. The molecule has 0 radical (unpaired) electrons. The molecule has 1 nitrogen and oxygen atoms in total. The summed E-state index contributed by atoms with van der Waals surface area (Å²) in [7, 11) is 0. The lowest BCUT2D eigenvalue weighted by molar-refractivity contribution is 0.551. The Morgan fingerprint density at radius 1 is 1.47 bits per heavy atom. The third-order valence-corrected chi connectivity index (χ3v) is 3.91. The van der Waals surface area contributed by atoms with Crippen LogP contribution < -0.4 is 5.73 Å². The van der Waals surface area contributed by atoms with Crippen LogP contribution in [0.4, 0.5) is 4.39 Å². The molecule has 1 aliphatic rings. The Morgan fingerprint density at radius 3 is 2.67 bits per heavy atom. The summed E-state index contributed by atoms with van der Waals surface area (Å²) in [6, 6.07) is 5.18. The highest BCUT2D eigenvalue weighted by atomic mass is 35.5. The molecule has 15 heavy (non-hydrogen) atoms. The van der Waals surface area contributed by atoms with Gasteiger partial charge in [0.15, 0.2) is 0 Å². The molecule has 0 saturated heterocycles. The van der Waals surface area contributed by atoms with Crippen molar-refractivity contribution < 1.29 is 4.39 Å². The first-order valence-corrected chi connectivity index (χ1v) is 5.52. The van der Waals surface area contributed by atoms with E-state index < -0.39 is 0 Å². The van der Waals surface area contributed by atoms with Gasteiger partial charge in [0, 0.05) is 0 Å². The zero-order valence-electron chi connectivity index (χ0n) is 8.93. The van der Waals surface area contributed by atoms with Gasteiger partial charge < -0.3 is 5.73 Å². The van der Waals surface area contributed by atoms with E-state index in [0.29, 0.717) is 18.0 Å². The van der Waals surface area contributed by atoms with E-state index in [1.165, 1.54) is 0 Å². The molecule has 1 aromatic rings. The molecule has 0 aliphatic heterocycles. The van der Waals surface area contributed by atoms with Gasteiger partial charge in [-0.3, -0.25) is 0 Å². The molecule has 2 rings (SSSR count). The third-order valence-electron chi connectivity index (χ3n) is 3.62. The minimum atomic E-state index is -0.284. The van der Waals surface area contributed by atoms with Crippen molar-refractivity contribution in [3.05, 3.63) is 34.6 Å². The molecule has 0 unspecified atom stereocenters. The SMILES string of the molecule is CC1(C)[C@@H](CN)[C@@H]1c1cccc(Cl)c1F. The highest BCUT2D eigenvalue weighted by molar-refractivity contribution is 6.30. The summed E-state index contributed by atoms with van der Waals surface area (Å²) in [5, 5.41) is 0.200. The zero-order chi connectivity index (χ0) is 11.2. The van der Waals surface area contributed by atoms with Crippen LogP contribution in [-0.4, -0.2) is 6.54 Å². The third kappa shape index (κ3) is 1.56. The van der Waals surface area contributed by atoms with Crippen molar-refractivity contribution in [3.63, 3.8) is 0 Å². The van der Waals surface area contributed by atoms with Gasteiger partial charge in [0.1, 0.15) is 5.82 Å². The number of rotatable bonds is 2. The Hall–Kier alpha value is -0.600. The number of halogens is 2. The Kier molecular flexibility index (Phi) is 2.52. The summed E-state index contributed by atoms with van der Waals surface area (Å²) >= 11 is 5.76. The molecule has 1 aliphatic carbocycles. The Bertz CT molecular complexity index is 389. The molecule has 0 aromatic heterocycles. The fourth-order valence-electron chi connectivity index (χ4n) is 2.56. The molecule has 0 spiro atoms. The summed E-state index contributed by atoms with van der Waals surface area (Å²) in [6.07, 6.45) is 0. The van der Waals surface area contributed by atoms with Crippen molar-refractivity contribution in [3.8, 4) is 0 Å². The maximum atomic E-state index is 13.8. The second-order valence-corrected chi connectivity index (χ2v) is 5.19. The highest BCUT2D eigenvalue weighted by Gasteiger charge is 2.58. The van der Waals surface area contributed by atoms with Gasteiger partial charge in [0.05, 0.1) is 5.02 Å². The molecule has 3 heteroatoms. The van der Waals surface area contributed by atoms with E-state index in [1.807, 2.05) is 6.07 Å². The fourth-order valence-corrected chi connectivity index (χ4v) is 2.74. The largest absolute Gasteiger partial charge is 0.330 e. The lowest BCUT2D eigenvalue weighted by Crippen LogP contribution is -2.05. The monoisotopic (exact) mass is 227 g/mol. The van der Waals surface area contributed by atoms with Crippen molar-refractivity contribution in [2.75, 3.05) is 6.54 Å². The Balaban J connectivity index is 2.37. The van der Waals surface area contributed by atoms with E-state index in [2.05, 4.69) is 13.8 Å². The second kappa shape index (κ2) is 3.46. The standard InChI is InChI=1S/C12H15ClFN/c1-12(2)8(6-15)10(12)7-4-3-5-9(13)11(7)14/h3-5,8,10H,6,15H2,1-2H3/t8-,10-/m0/s1. The quantitative estimate of drug-likeness (QED) is 0.825. The van der Waals surface area contributed by atoms with Crippen LogP contribution >= 0.6 is 11.6 Å². The van der Waals surface area contributed by atoms with E-state index in [0.717, 1.165) is 0 Å². The van der Waals surface area contributed by atoms with Crippen LogP contribution in [-0.2, 0) is 0 Å². The van der Waals surface area contributed by atoms with Crippen LogP contribution in [0, 0.1) is 17.2 Å². The first-order valence-electron chi connectivity index (χ1n) is 5.14. The highest BCUT2D eigenvalue weighted by Crippen LogP contribution is 2.64. The van der Waals surface area contributed by atoms with Crippen LogP contribution in [0.3, 0.4) is 0 Å². The molecule has 2 N–H and O–H groups in total. The minimum absolute atomic E-state index is 0.0975. The van der Waals surface area contributed by atoms with Gasteiger partial charge in [-0.05, 0) is 35.4 Å². The van der Waals surface area contributed by atoms with Crippen molar-refractivity contribution in [2.45, 2.75) is 19.8 Å². The molecule has 82 valence electrons.